The number of amides is 3. The number of hydrogen-bond donors (Lipinski definition) is 1. The minimum absolute atomic E-state index is 0.138. The van der Waals surface area contributed by atoms with Gasteiger partial charge in [0.2, 0.25) is 5.91 Å². The van der Waals surface area contributed by atoms with Crippen LogP contribution in [0.2, 0.25) is 0 Å². The summed E-state index contributed by atoms with van der Waals surface area (Å²) in [6.45, 7) is 1.21. The highest BCUT2D eigenvalue weighted by Crippen LogP contribution is 2.31. The van der Waals surface area contributed by atoms with Gasteiger partial charge in [-0.05, 0) is 49.0 Å². The third-order valence-corrected chi connectivity index (χ3v) is 4.48. The van der Waals surface area contributed by atoms with Crippen molar-refractivity contribution in [3.8, 4) is 0 Å². The Kier molecular flexibility index (Phi) is 5.31. The van der Waals surface area contributed by atoms with E-state index < -0.39 is 35.2 Å². The van der Waals surface area contributed by atoms with Crippen molar-refractivity contribution in [2.75, 3.05) is 11.9 Å². The maximum Gasteiger partial charge on any atom is 0.294 e. The second-order valence-corrected chi connectivity index (χ2v) is 6.64. The van der Waals surface area contributed by atoms with E-state index >= 15 is 0 Å². The van der Waals surface area contributed by atoms with Crippen LogP contribution in [0.5, 0.6) is 0 Å². The second kappa shape index (κ2) is 7.67. The van der Waals surface area contributed by atoms with Crippen LogP contribution in [0.25, 0.3) is 6.08 Å². The summed E-state index contributed by atoms with van der Waals surface area (Å²) in [6, 6.07) is 7.90. The number of aryl methyl sites for hydroxylation is 1. The number of carbonyl (C=O) groups is 3. The maximum absolute atomic E-state index is 13.6. The van der Waals surface area contributed by atoms with Crippen molar-refractivity contribution in [2.24, 2.45) is 0 Å². The van der Waals surface area contributed by atoms with Gasteiger partial charge in [0, 0.05) is 11.8 Å². The van der Waals surface area contributed by atoms with E-state index in [-0.39, 0.29) is 10.6 Å². The molecule has 0 spiro atoms. The lowest BCUT2D eigenvalue weighted by atomic mass is 10.3. The molecule has 1 aromatic carbocycles. The first-order chi connectivity index (χ1) is 12.8. The van der Waals surface area contributed by atoms with Crippen molar-refractivity contribution in [3.63, 3.8) is 0 Å². The molecule has 0 unspecified atom stereocenters. The Morgan fingerprint density at radius 3 is 2.74 bits per heavy atom. The summed E-state index contributed by atoms with van der Waals surface area (Å²) in [4.78, 5) is 41.6. The molecule has 1 N–H and O–H groups in total. The van der Waals surface area contributed by atoms with Gasteiger partial charge in [0.05, 0.1) is 16.3 Å². The van der Waals surface area contributed by atoms with Gasteiger partial charge in [0.1, 0.15) is 18.2 Å². The first kappa shape index (κ1) is 18.7. The van der Waals surface area contributed by atoms with Crippen LogP contribution in [0.3, 0.4) is 0 Å². The smallest absolute Gasteiger partial charge is 0.294 e. The van der Waals surface area contributed by atoms with Crippen molar-refractivity contribution in [2.45, 2.75) is 6.92 Å². The Hall–Kier alpha value is -3.07. The molecule has 1 saturated heterocycles. The normalized spacial score (nSPS) is 15.5. The summed E-state index contributed by atoms with van der Waals surface area (Å²) in [6.07, 6.45) is 1.47. The van der Waals surface area contributed by atoms with Gasteiger partial charge in [-0.1, -0.05) is 6.07 Å². The number of aromatic nitrogens is 1. The molecule has 3 amide bonds. The molecule has 0 aliphatic carbocycles. The molecule has 0 radical (unpaired) electrons. The van der Waals surface area contributed by atoms with Gasteiger partial charge >= 0.3 is 0 Å². The number of nitrogens with one attached hydrogen (secondary N) is 1. The zero-order valence-electron chi connectivity index (χ0n) is 14.0. The highest BCUT2D eigenvalue weighted by Gasteiger charge is 2.36. The molecule has 0 atom stereocenters. The van der Waals surface area contributed by atoms with Gasteiger partial charge in [-0.3, -0.25) is 24.3 Å². The van der Waals surface area contributed by atoms with Crippen LogP contribution >= 0.6 is 11.8 Å². The standard InChI is InChI=1S/C18H13F2N3O3S/c1-10-3-2-4-12(21-10)8-15-17(25)23(18(26)27-15)9-16(24)22-14-6-5-11(19)7-13(14)20/h2-8H,9H2,1H3,(H,22,24)/b15-8+. The second-order valence-electron chi connectivity index (χ2n) is 5.64. The molecule has 1 fully saturated rings. The van der Waals surface area contributed by atoms with E-state index in [1.165, 1.54) is 6.08 Å². The van der Waals surface area contributed by atoms with Gasteiger partial charge in [-0.2, -0.15) is 0 Å². The Morgan fingerprint density at radius 2 is 2.04 bits per heavy atom. The first-order valence-corrected chi connectivity index (χ1v) is 8.59. The van der Waals surface area contributed by atoms with Crippen molar-refractivity contribution in [1.82, 2.24) is 9.88 Å². The molecular formula is C18H13F2N3O3S. The number of imide groups is 1. The minimum atomic E-state index is -0.956. The van der Waals surface area contributed by atoms with E-state index in [4.69, 9.17) is 0 Å². The highest BCUT2D eigenvalue weighted by atomic mass is 32.2. The molecule has 6 nitrogen and oxygen atoms in total. The number of halogens is 2. The quantitative estimate of drug-likeness (QED) is 0.812. The highest BCUT2D eigenvalue weighted by molar-refractivity contribution is 8.18. The summed E-state index contributed by atoms with van der Waals surface area (Å²) in [5.74, 6) is -3.16. The molecular weight excluding hydrogens is 376 g/mol. The van der Waals surface area contributed by atoms with Crippen LogP contribution in [0.15, 0.2) is 41.3 Å². The summed E-state index contributed by atoms with van der Waals surface area (Å²) in [7, 11) is 0. The number of hydrogen-bond acceptors (Lipinski definition) is 5. The molecule has 9 heteroatoms. The van der Waals surface area contributed by atoms with Crippen molar-refractivity contribution in [3.05, 3.63) is 64.3 Å². The summed E-state index contributed by atoms with van der Waals surface area (Å²) >= 11 is 0.691. The Balaban J connectivity index is 1.71. The predicted molar refractivity (Wildman–Crippen MR) is 96.6 cm³/mol. The lowest BCUT2D eigenvalue weighted by molar-refractivity contribution is -0.127. The zero-order valence-corrected chi connectivity index (χ0v) is 14.8. The summed E-state index contributed by atoms with van der Waals surface area (Å²) < 4.78 is 26.5. The number of benzene rings is 1. The van der Waals surface area contributed by atoms with E-state index in [1.54, 1.807) is 25.1 Å². The van der Waals surface area contributed by atoms with Crippen LogP contribution in [-0.4, -0.2) is 33.5 Å². The fraction of sp³-hybridized carbons (Fsp3) is 0.111. The molecule has 2 aromatic rings. The summed E-state index contributed by atoms with van der Waals surface area (Å²) in [5, 5.41) is 1.59. The Labute approximate surface area is 157 Å². The molecule has 3 rings (SSSR count). The fourth-order valence-electron chi connectivity index (χ4n) is 2.34. The lowest BCUT2D eigenvalue weighted by Gasteiger charge is -2.12. The van der Waals surface area contributed by atoms with Gasteiger partial charge < -0.3 is 5.32 Å². The van der Waals surface area contributed by atoms with Gasteiger partial charge in [-0.15, -0.1) is 0 Å². The number of nitrogens with zero attached hydrogens (tertiary/aromatic N) is 2. The molecule has 138 valence electrons. The van der Waals surface area contributed by atoms with Crippen LogP contribution in [0.1, 0.15) is 11.4 Å². The fourth-order valence-corrected chi connectivity index (χ4v) is 3.16. The van der Waals surface area contributed by atoms with E-state index in [0.717, 1.165) is 22.7 Å². The van der Waals surface area contributed by atoms with E-state index in [1.807, 2.05) is 0 Å². The number of rotatable bonds is 4. The van der Waals surface area contributed by atoms with Crippen molar-refractivity contribution in [1.29, 1.82) is 0 Å². The minimum Gasteiger partial charge on any atom is -0.322 e. The molecule has 1 aliphatic heterocycles. The third-order valence-electron chi connectivity index (χ3n) is 3.57. The van der Waals surface area contributed by atoms with Crippen LogP contribution in [-0.2, 0) is 9.59 Å². The molecule has 0 saturated carbocycles. The van der Waals surface area contributed by atoms with Crippen LogP contribution < -0.4 is 5.32 Å². The average molecular weight is 389 g/mol. The number of thioether (sulfide) groups is 1. The molecule has 1 aliphatic rings. The molecule has 2 heterocycles. The van der Waals surface area contributed by atoms with Crippen LogP contribution in [0.4, 0.5) is 19.3 Å². The SMILES string of the molecule is Cc1cccc(/C=C2/SC(=O)N(CC(=O)Nc3ccc(F)cc3F)C2=O)n1. The number of pyridine rings is 1. The van der Waals surface area contributed by atoms with E-state index in [0.29, 0.717) is 23.5 Å². The number of carbonyl (C=O) groups excluding carboxylic acids is 3. The van der Waals surface area contributed by atoms with E-state index in [2.05, 4.69) is 10.3 Å². The predicted octanol–water partition coefficient (Wildman–Crippen LogP) is 3.34. The maximum atomic E-state index is 13.6. The topological polar surface area (TPSA) is 79.4 Å². The first-order valence-electron chi connectivity index (χ1n) is 7.77. The summed E-state index contributed by atoms with van der Waals surface area (Å²) in [5.41, 5.74) is 1.02. The van der Waals surface area contributed by atoms with Gasteiger partial charge in [0.25, 0.3) is 11.1 Å². The van der Waals surface area contributed by atoms with Crippen molar-refractivity contribution >= 4 is 40.6 Å². The molecule has 27 heavy (non-hydrogen) atoms. The van der Waals surface area contributed by atoms with Gasteiger partial charge in [0.15, 0.2) is 0 Å². The van der Waals surface area contributed by atoms with Crippen molar-refractivity contribution < 1.29 is 23.2 Å². The lowest BCUT2D eigenvalue weighted by Crippen LogP contribution is -2.36. The Bertz CT molecular complexity index is 978. The average Bonchev–Trinajstić information content (AvgIpc) is 2.85. The number of anilines is 1. The third kappa shape index (κ3) is 4.37. The van der Waals surface area contributed by atoms with Gasteiger partial charge in [-0.25, -0.2) is 8.78 Å². The monoisotopic (exact) mass is 389 g/mol. The zero-order chi connectivity index (χ0) is 19.6. The Morgan fingerprint density at radius 1 is 1.26 bits per heavy atom. The molecule has 1 aromatic heterocycles. The largest absolute Gasteiger partial charge is 0.322 e. The molecule has 0 bridgehead atoms. The van der Waals surface area contributed by atoms with Crippen LogP contribution in [0, 0.1) is 18.6 Å². The van der Waals surface area contributed by atoms with E-state index in [9.17, 15) is 23.2 Å².